The quantitative estimate of drug-likeness (QED) is 0.0261. The fourth-order valence-corrected chi connectivity index (χ4v) is 8.65. The minimum absolute atomic E-state index is 0.0891. The maximum absolute atomic E-state index is 12.9. The Balaban J connectivity index is 4.22. The van der Waals surface area contributed by atoms with Gasteiger partial charge in [-0.05, 0) is 116 Å². The number of hydrogen-bond acceptors (Lipinski definition) is 6. The Kier molecular flexibility index (Phi) is 61.4. The van der Waals surface area contributed by atoms with E-state index in [1.54, 1.807) is 0 Å². The zero-order valence-electron chi connectivity index (χ0n) is 50.6. The van der Waals surface area contributed by atoms with Gasteiger partial charge in [0.15, 0.2) is 6.10 Å². The third-order valence-corrected chi connectivity index (χ3v) is 13.4. The Bertz CT molecular complexity index is 1670. The largest absolute Gasteiger partial charge is 0.462 e. The number of carbonyl (C=O) groups is 3. The molecule has 1 atom stereocenters. The van der Waals surface area contributed by atoms with Gasteiger partial charge in [-0.1, -0.05) is 283 Å². The summed E-state index contributed by atoms with van der Waals surface area (Å²) in [6.45, 7) is 6.38. The summed E-state index contributed by atoms with van der Waals surface area (Å²) < 4.78 is 16.9. The van der Waals surface area contributed by atoms with E-state index in [1.165, 1.54) is 103 Å². The van der Waals surface area contributed by atoms with Crippen LogP contribution in [0.15, 0.2) is 134 Å². The molecule has 0 saturated carbocycles. The summed E-state index contributed by atoms with van der Waals surface area (Å²) in [6, 6.07) is 0. The van der Waals surface area contributed by atoms with Crippen molar-refractivity contribution in [2.75, 3.05) is 13.2 Å². The summed E-state index contributed by atoms with van der Waals surface area (Å²) in [7, 11) is 0. The molecule has 1 unspecified atom stereocenters. The summed E-state index contributed by atoms with van der Waals surface area (Å²) in [5.74, 6) is -0.916. The molecular formula is C72H118O6. The van der Waals surface area contributed by atoms with Gasteiger partial charge in [-0.3, -0.25) is 14.4 Å². The highest BCUT2D eigenvalue weighted by atomic mass is 16.6. The van der Waals surface area contributed by atoms with E-state index in [4.69, 9.17) is 14.2 Å². The van der Waals surface area contributed by atoms with Crippen LogP contribution in [-0.4, -0.2) is 37.2 Å². The van der Waals surface area contributed by atoms with Crippen LogP contribution in [-0.2, 0) is 28.6 Å². The molecule has 0 aliphatic rings. The average molecular weight is 1080 g/mol. The SMILES string of the molecule is CC/C=C\C/C=C\C/C=C\C/C=C\C/C=C\C/C=C\C/C=C\CCCCCCCCCCCCCC(=O)OCC(COC(=O)CCCCCCCCCCCC)OC(=O)CCCCCC/C=C\C/C=C\C/C=C\C/C=C\CC. The number of rotatable bonds is 57. The lowest BCUT2D eigenvalue weighted by atomic mass is 10.0. The maximum atomic E-state index is 12.9. The lowest BCUT2D eigenvalue weighted by molar-refractivity contribution is -0.167. The van der Waals surface area contributed by atoms with Crippen molar-refractivity contribution in [2.45, 2.75) is 290 Å². The van der Waals surface area contributed by atoms with Crippen LogP contribution in [0, 0.1) is 0 Å². The van der Waals surface area contributed by atoms with Crippen molar-refractivity contribution in [2.24, 2.45) is 0 Å². The topological polar surface area (TPSA) is 78.9 Å². The minimum Gasteiger partial charge on any atom is -0.462 e. The Labute approximate surface area is 481 Å². The average Bonchev–Trinajstić information content (AvgIpc) is 3.44. The molecule has 0 fully saturated rings. The number of esters is 3. The van der Waals surface area contributed by atoms with Crippen molar-refractivity contribution in [3.05, 3.63) is 134 Å². The molecule has 6 nitrogen and oxygen atoms in total. The monoisotopic (exact) mass is 1080 g/mol. The first kappa shape index (κ1) is 73.5. The lowest BCUT2D eigenvalue weighted by Gasteiger charge is -2.18. The first-order chi connectivity index (χ1) is 38.5. The van der Waals surface area contributed by atoms with E-state index in [0.717, 1.165) is 141 Å². The number of ether oxygens (including phenoxy) is 3. The lowest BCUT2D eigenvalue weighted by Crippen LogP contribution is -2.30. The predicted molar refractivity (Wildman–Crippen MR) is 339 cm³/mol. The molecule has 0 amide bonds. The van der Waals surface area contributed by atoms with Gasteiger partial charge in [0.25, 0.3) is 0 Å². The van der Waals surface area contributed by atoms with Crippen molar-refractivity contribution in [3.63, 3.8) is 0 Å². The third-order valence-electron chi connectivity index (χ3n) is 13.4. The third kappa shape index (κ3) is 62.4. The molecule has 0 aromatic carbocycles. The molecule has 0 rings (SSSR count). The van der Waals surface area contributed by atoms with Crippen LogP contribution in [0.2, 0.25) is 0 Å². The van der Waals surface area contributed by atoms with Gasteiger partial charge in [0.1, 0.15) is 13.2 Å². The summed E-state index contributed by atoms with van der Waals surface area (Å²) in [4.78, 5) is 38.2. The summed E-state index contributed by atoms with van der Waals surface area (Å²) >= 11 is 0. The van der Waals surface area contributed by atoms with Crippen molar-refractivity contribution in [1.29, 1.82) is 0 Å². The highest BCUT2D eigenvalue weighted by Crippen LogP contribution is 2.15. The van der Waals surface area contributed by atoms with Crippen LogP contribution in [0.25, 0.3) is 0 Å². The molecular weight excluding hydrogens is 961 g/mol. The Morgan fingerprint density at radius 1 is 0.269 bits per heavy atom. The van der Waals surface area contributed by atoms with Crippen LogP contribution >= 0.6 is 0 Å². The molecule has 0 bridgehead atoms. The van der Waals surface area contributed by atoms with Crippen molar-refractivity contribution in [3.8, 4) is 0 Å². The van der Waals surface area contributed by atoms with Gasteiger partial charge in [0.05, 0.1) is 0 Å². The molecule has 78 heavy (non-hydrogen) atoms. The predicted octanol–water partition coefficient (Wildman–Crippen LogP) is 22.2. The highest BCUT2D eigenvalue weighted by molar-refractivity contribution is 5.71. The molecule has 0 spiro atoms. The Hall–Kier alpha value is -4.45. The van der Waals surface area contributed by atoms with E-state index in [9.17, 15) is 14.4 Å². The Morgan fingerprint density at radius 2 is 0.500 bits per heavy atom. The van der Waals surface area contributed by atoms with Crippen LogP contribution in [0.3, 0.4) is 0 Å². The van der Waals surface area contributed by atoms with Gasteiger partial charge >= 0.3 is 17.9 Å². The van der Waals surface area contributed by atoms with Gasteiger partial charge < -0.3 is 14.2 Å². The van der Waals surface area contributed by atoms with Crippen LogP contribution < -0.4 is 0 Å². The van der Waals surface area contributed by atoms with E-state index in [0.29, 0.717) is 19.3 Å². The summed E-state index contributed by atoms with van der Waals surface area (Å²) in [6.07, 6.45) is 91.8. The van der Waals surface area contributed by atoms with Gasteiger partial charge in [0.2, 0.25) is 0 Å². The highest BCUT2D eigenvalue weighted by Gasteiger charge is 2.19. The number of unbranched alkanes of at least 4 members (excludes halogenated alkanes) is 24. The number of hydrogen-bond donors (Lipinski definition) is 0. The van der Waals surface area contributed by atoms with E-state index < -0.39 is 6.10 Å². The van der Waals surface area contributed by atoms with Crippen molar-refractivity contribution < 1.29 is 28.6 Å². The molecule has 0 aromatic rings. The first-order valence-electron chi connectivity index (χ1n) is 32.2. The van der Waals surface area contributed by atoms with E-state index in [1.807, 2.05) is 0 Å². The minimum atomic E-state index is -0.794. The van der Waals surface area contributed by atoms with Crippen LogP contribution in [0.4, 0.5) is 0 Å². The standard InChI is InChI=1S/C72H118O6/c1-4-7-10-13-16-19-22-24-26-28-29-30-31-32-33-34-35-36-37-38-39-40-41-42-43-45-46-48-50-53-56-59-62-65-71(74)77-68-69(67-76-70(73)64-61-58-55-52-21-18-15-12-9-6-3)78-72(75)66-63-60-57-54-51-49-47-44-27-25-23-20-17-14-11-8-5-2/h7-8,10-11,16-17,19-20,24-27,29-30,32-33,35-36,38-39,47,49,69H,4-6,9,12-15,18,21-23,28,31,34,37,40-46,48,50-68H2,1-3H3/b10-7-,11-8-,19-16-,20-17-,26-24-,27-25-,30-29-,33-32-,36-35-,39-38-,49-47-. The van der Waals surface area contributed by atoms with Gasteiger partial charge in [-0.15, -0.1) is 0 Å². The molecule has 0 N–H and O–H groups in total. The van der Waals surface area contributed by atoms with E-state index in [2.05, 4.69) is 154 Å². The zero-order chi connectivity index (χ0) is 56.4. The Morgan fingerprint density at radius 3 is 0.782 bits per heavy atom. The zero-order valence-corrected chi connectivity index (χ0v) is 50.6. The molecule has 6 heteroatoms. The second-order valence-corrected chi connectivity index (χ2v) is 20.9. The fourth-order valence-electron chi connectivity index (χ4n) is 8.65. The van der Waals surface area contributed by atoms with E-state index >= 15 is 0 Å². The molecule has 0 aliphatic carbocycles. The maximum Gasteiger partial charge on any atom is 0.306 e. The van der Waals surface area contributed by atoms with Crippen molar-refractivity contribution in [1.82, 2.24) is 0 Å². The summed E-state index contributed by atoms with van der Waals surface area (Å²) in [5, 5.41) is 0. The number of carbonyl (C=O) groups excluding carboxylic acids is 3. The first-order valence-corrected chi connectivity index (χ1v) is 32.2. The normalized spacial score (nSPS) is 13.0. The van der Waals surface area contributed by atoms with Crippen LogP contribution in [0.1, 0.15) is 284 Å². The van der Waals surface area contributed by atoms with Gasteiger partial charge in [-0.2, -0.15) is 0 Å². The second-order valence-electron chi connectivity index (χ2n) is 20.9. The molecule has 442 valence electrons. The van der Waals surface area contributed by atoms with Gasteiger partial charge in [0, 0.05) is 19.3 Å². The number of allylic oxidation sites excluding steroid dienone is 22. The van der Waals surface area contributed by atoms with Crippen molar-refractivity contribution >= 4 is 17.9 Å². The molecule has 0 heterocycles. The van der Waals surface area contributed by atoms with Crippen LogP contribution in [0.5, 0.6) is 0 Å². The molecule has 0 radical (unpaired) electrons. The van der Waals surface area contributed by atoms with E-state index in [-0.39, 0.29) is 31.1 Å². The fraction of sp³-hybridized carbons (Fsp3) is 0.653. The molecule has 0 aromatic heterocycles. The second kappa shape index (κ2) is 65.1. The smallest absolute Gasteiger partial charge is 0.306 e. The molecule has 0 aliphatic heterocycles. The molecule has 0 saturated heterocycles. The van der Waals surface area contributed by atoms with Gasteiger partial charge in [-0.25, -0.2) is 0 Å². The summed E-state index contributed by atoms with van der Waals surface area (Å²) in [5.41, 5.74) is 0.